The fourth-order valence-electron chi connectivity index (χ4n) is 1.70. The quantitative estimate of drug-likeness (QED) is 0.495. The third kappa shape index (κ3) is 4.94. The molecule has 6 heteroatoms. The van der Waals surface area contributed by atoms with Gasteiger partial charge in [0.1, 0.15) is 18.2 Å². The third-order valence-electron chi connectivity index (χ3n) is 2.76. The second-order valence-corrected chi connectivity index (χ2v) is 5.30. The van der Waals surface area contributed by atoms with Gasteiger partial charge < -0.3 is 4.74 Å². The van der Waals surface area contributed by atoms with Gasteiger partial charge in [0, 0.05) is 15.6 Å². The predicted molar refractivity (Wildman–Crippen MR) is 89.9 cm³/mol. The van der Waals surface area contributed by atoms with Crippen molar-refractivity contribution in [1.29, 1.82) is 0 Å². The van der Waals surface area contributed by atoms with Crippen LogP contribution in [-0.2, 0) is 0 Å². The lowest BCUT2D eigenvalue weighted by molar-refractivity contribution is 0.0955. The molecule has 4 nitrogen and oxygen atoms in total. The fourth-order valence-corrected chi connectivity index (χ4v) is 2.08. The number of hydrazone groups is 1. The molecule has 0 aliphatic carbocycles. The summed E-state index contributed by atoms with van der Waals surface area (Å²) in [6.45, 7) is 0.129. The molecule has 0 atom stereocenters. The van der Waals surface area contributed by atoms with Crippen molar-refractivity contribution in [2.45, 2.75) is 0 Å². The number of hydrogen-bond acceptors (Lipinski definition) is 3. The normalized spacial score (nSPS) is 10.3. The van der Waals surface area contributed by atoms with Gasteiger partial charge in [0.15, 0.2) is 0 Å². The Hall–Kier alpha value is -2.65. The van der Waals surface area contributed by atoms with Gasteiger partial charge in [-0.2, -0.15) is 5.10 Å². The number of amides is 1. The van der Waals surface area contributed by atoms with Crippen molar-refractivity contribution in [1.82, 2.24) is 5.43 Å². The minimum atomic E-state index is -0.442. The van der Waals surface area contributed by atoms with Gasteiger partial charge in [0.25, 0.3) is 5.91 Å². The van der Waals surface area contributed by atoms with Crippen molar-refractivity contribution in [2.75, 3.05) is 6.61 Å². The summed E-state index contributed by atoms with van der Waals surface area (Å²) >= 11 is 3.35. The van der Waals surface area contributed by atoms with E-state index in [4.69, 9.17) is 11.2 Å². The highest BCUT2D eigenvalue weighted by atomic mass is 79.9. The molecule has 0 saturated heterocycles. The van der Waals surface area contributed by atoms with Crippen molar-refractivity contribution < 1.29 is 13.9 Å². The molecular weight excluding hydrogens is 363 g/mol. The van der Waals surface area contributed by atoms with Crippen LogP contribution in [0.25, 0.3) is 0 Å². The van der Waals surface area contributed by atoms with Crippen molar-refractivity contribution >= 4 is 28.1 Å². The van der Waals surface area contributed by atoms with Gasteiger partial charge in [-0.15, -0.1) is 6.42 Å². The fraction of sp³-hybridized carbons (Fsp3) is 0.0588. The maximum absolute atomic E-state index is 12.8. The first-order valence-electron chi connectivity index (χ1n) is 6.55. The first-order chi connectivity index (χ1) is 11.1. The molecule has 0 spiro atoms. The number of ether oxygens (including phenoxy) is 1. The van der Waals surface area contributed by atoms with Gasteiger partial charge in [-0.1, -0.05) is 21.9 Å². The maximum Gasteiger partial charge on any atom is 0.271 e. The molecule has 0 fully saturated rings. The molecule has 1 amide bonds. The van der Waals surface area contributed by atoms with E-state index < -0.39 is 11.7 Å². The molecule has 0 aliphatic rings. The van der Waals surface area contributed by atoms with Crippen LogP contribution in [0.3, 0.4) is 0 Å². The Bertz CT molecular complexity index is 767. The van der Waals surface area contributed by atoms with Gasteiger partial charge >= 0.3 is 0 Å². The second-order valence-electron chi connectivity index (χ2n) is 4.38. The minimum absolute atomic E-state index is 0.129. The lowest BCUT2D eigenvalue weighted by atomic mass is 10.2. The number of nitrogens with zero attached hydrogens (tertiary/aromatic N) is 1. The Kier molecular flexibility index (Phi) is 5.89. The number of carbonyl (C=O) groups excluding carboxylic acids is 1. The summed E-state index contributed by atoms with van der Waals surface area (Å²) in [6, 6.07) is 10.5. The molecular formula is C17H12BrFN2O2. The topological polar surface area (TPSA) is 50.7 Å². The summed E-state index contributed by atoms with van der Waals surface area (Å²) in [5, 5.41) is 3.88. The van der Waals surface area contributed by atoms with Gasteiger partial charge in [-0.3, -0.25) is 4.79 Å². The van der Waals surface area contributed by atoms with E-state index in [1.165, 1.54) is 30.5 Å². The summed E-state index contributed by atoms with van der Waals surface area (Å²) in [6.07, 6.45) is 6.61. The largest absolute Gasteiger partial charge is 0.480 e. The number of halogens is 2. The van der Waals surface area contributed by atoms with Crippen LogP contribution in [0, 0.1) is 18.2 Å². The molecule has 1 N–H and O–H groups in total. The average Bonchev–Trinajstić information content (AvgIpc) is 2.54. The zero-order valence-electron chi connectivity index (χ0n) is 11.9. The Morgan fingerprint density at radius 1 is 1.35 bits per heavy atom. The number of carbonyl (C=O) groups is 1. The Morgan fingerprint density at radius 3 is 2.78 bits per heavy atom. The van der Waals surface area contributed by atoms with Crippen LogP contribution in [0.2, 0.25) is 0 Å². The van der Waals surface area contributed by atoms with Crippen LogP contribution in [0.4, 0.5) is 4.39 Å². The molecule has 0 bridgehead atoms. The van der Waals surface area contributed by atoms with E-state index in [0.717, 1.165) is 4.47 Å². The second kappa shape index (κ2) is 8.11. The van der Waals surface area contributed by atoms with Crippen molar-refractivity contribution in [3.8, 4) is 18.1 Å². The van der Waals surface area contributed by atoms with Gasteiger partial charge in [-0.25, -0.2) is 9.82 Å². The highest BCUT2D eigenvalue weighted by Crippen LogP contribution is 2.21. The number of nitrogens with one attached hydrogen (secondary N) is 1. The van der Waals surface area contributed by atoms with Crippen molar-refractivity contribution in [2.24, 2.45) is 5.10 Å². The smallest absolute Gasteiger partial charge is 0.271 e. The Morgan fingerprint density at radius 2 is 2.09 bits per heavy atom. The number of hydrogen-bond donors (Lipinski definition) is 1. The van der Waals surface area contributed by atoms with E-state index in [1.807, 2.05) is 0 Å². The number of rotatable bonds is 5. The van der Waals surface area contributed by atoms with Crippen LogP contribution in [0.15, 0.2) is 52.0 Å². The average molecular weight is 375 g/mol. The van der Waals surface area contributed by atoms with Crippen LogP contribution < -0.4 is 10.2 Å². The van der Waals surface area contributed by atoms with Crippen LogP contribution in [0.1, 0.15) is 15.9 Å². The molecule has 0 aliphatic heterocycles. The Labute approximate surface area is 141 Å². The summed E-state index contributed by atoms with van der Waals surface area (Å²) in [5.41, 5.74) is 3.32. The van der Waals surface area contributed by atoms with Gasteiger partial charge in [-0.05, 0) is 42.5 Å². The van der Waals surface area contributed by atoms with Crippen LogP contribution >= 0.6 is 15.9 Å². The molecule has 2 rings (SSSR count). The zero-order chi connectivity index (χ0) is 16.7. The van der Waals surface area contributed by atoms with Crippen LogP contribution in [-0.4, -0.2) is 18.7 Å². The number of terminal acetylenes is 1. The van der Waals surface area contributed by atoms with Crippen LogP contribution in [0.5, 0.6) is 5.75 Å². The monoisotopic (exact) mass is 374 g/mol. The molecule has 0 heterocycles. The van der Waals surface area contributed by atoms with E-state index >= 15 is 0 Å². The van der Waals surface area contributed by atoms with E-state index in [0.29, 0.717) is 16.9 Å². The molecule has 23 heavy (non-hydrogen) atoms. The molecule has 0 radical (unpaired) electrons. The molecule has 2 aromatic carbocycles. The van der Waals surface area contributed by atoms with Gasteiger partial charge in [0.05, 0.1) is 6.21 Å². The summed E-state index contributed by atoms with van der Waals surface area (Å²) in [7, 11) is 0. The maximum atomic E-state index is 12.8. The summed E-state index contributed by atoms with van der Waals surface area (Å²) < 4.78 is 19.0. The molecule has 2 aromatic rings. The van der Waals surface area contributed by atoms with E-state index in [-0.39, 0.29) is 6.61 Å². The van der Waals surface area contributed by atoms with Crippen molar-refractivity contribution in [3.63, 3.8) is 0 Å². The first kappa shape index (κ1) is 16.7. The lowest BCUT2D eigenvalue weighted by Gasteiger charge is -2.06. The van der Waals surface area contributed by atoms with E-state index in [1.54, 1.807) is 18.2 Å². The highest BCUT2D eigenvalue weighted by molar-refractivity contribution is 9.10. The first-order valence-corrected chi connectivity index (χ1v) is 7.34. The zero-order valence-corrected chi connectivity index (χ0v) is 13.5. The highest BCUT2D eigenvalue weighted by Gasteiger charge is 2.05. The van der Waals surface area contributed by atoms with Gasteiger partial charge in [0.2, 0.25) is 0 Å². The third-order valence-corrected chi connectivity index (χ3v) is 3.25. The lowest BCUT2D eigenvalue weighted by Crippen LogP contribution is -2.17. The summed E-state index contributed by atoms with van der Waals surface area (Å²) in [5.74, 6) is 2.08. The summed E-state index contributed by atoms with van der Waals surface area (Å²) in [4.78, 5) is 11.9. The molecule has 116 valence electrons. The standard InChI is InChI=1S/C17H12BrFN2O2/c1-2-9-23-16-8-5-14(18)10-13(16)11-20-21-17(22)12-3-6-15(19)7-4-12/h1,3-8,10-11H,9H2,(H,21,22)/b20-11-. The molecule has 0 saturated carbocycles. The van der Waals surface area contributed by atoms with Crippen molar-refractivity contribution in [3.05, 3.63) is 63.9 Å². The minimum Gasteiger partial charge on any atom is -0.480 e. The molecule has 0 aromatic heterocycles. The molecule has 0 unspecified atom stereocenters. The predicted octanol–water partition coefficient (Wildman–Crippen LogP) is 3.36. The SMILES string of the molecule is C#CCOc1ccc(Br)cc1/C=N\NC(=O)c1ccc(F)cc1. The number of benzene rings is 2. The van der Waals surface area contributed by atoms with E-state index in [2.05, 4.69) is 32.4 Å². The van der Waals surface area contributed by atoms with E-state index in [9.17, 15) is 9.18 Å². The Balaban J connectivity index is 2.07.